The maximum Gasteiger partial charge on any atom is 0.241 e. The lowest BCUT2D eigenvalue weighted by Gasteiger charge is -2.23. The molecule has 1 saturated heterocycles. The largest absolute Gasteiger partial charge is 0.399 e. The van der Waals surface area contributed by atoms with Crippen molar-refractivity contribution in [2.45, 2.75) is 33.2 Å². The van der Waals surface area contributed by atoms with Crippen LogP contribution in [0.1, 0.15) is 25.8 Å². The van der Waals surface area contributed by atoms with E-state index in [0.29, 0.717) is 5.92 Å². The van der Waals surface area contributed by atoms with Gasteiger partial charge in [-0.05, 0) is 56.5 Å². The van der Waals surface area contributed by atoms with Crippen LogP contribution in [-0.2, 0) is 4.79 Å². The van der Waals surface area contributed by atoms with Crippen molar-refractivity contribution in [2.24, 2.45) is 5.92 Å². The summed E-state index contributed by atoms with van der Waals surface area (Å²) in [6, 6.07) is 5.47. The van der Waals surface area contributed by atoms with Gasteiger partial charge in [0.2, 0.25) is 5.91 Å². The zero-order valence-electron chi connectivity index (χ0n) is 11.9. The van der Waals surface area contributed by atoms with Crippen molar-refractivity contribution in [1.29, 1.82) is 0 Å². The number of amides is 1. The Morgan fingerprint density at radius 1 is 1.53 bits per heavy atom. The Morgan fingerprint density at radius 3 is 2.84 bits per heavy atom. The van der Waals surface area contributed by atoms with E-state index in [-0.39, 0.29) is 11.9 Å². The van der Waals surface area contributed by atoms with E-state index in [1.165, 1.54) is 6.42 Å². The van der Waals surface area contributed by atoms with Crippen LogP contribution in [0.25, 0.3) is 0 Å². The highest BCUT2D eigenvalue weighted by Crippen LogP contribution is 2.21. The molecule has 0 aromatic heterocycles. The summed E-state index contributed by atoms with van der Waals surface area (Å²) in [7, 11) is 0. The number of nitrogens with two attached hydrogens (primary N) is 1. The molecule has 4 heteroatoms. The molecule has 4 nitrogen and oxygen atoms in total. The minimum atomic E-state index is -0.0816. The predicted octanol–water partition coefficient (Wildman–Crippen LogP) is 2.25. The van der Waals surface area contributed by atoms with Crippen LogP contribution in [0.3, 0.4) is 0 Å². The van der Waals surface area contributed by atoms with E-state index in [4.69, 9.17) is 5.73 Å². The fourth-order valence-corrected chi connectivity index (χ4v) is 2.55. The van der Waals surface area contributed by atoms with Gasteiger partial charge < -0.3 is 11.1 Å². The number of benzene rings is 1. The molecule has 1 aliphatic rings. The monoisotopic (exact) mass is 261 g/mol. The Hall–Kier alpha value is -1.55. The van der Waals surface area contributed by atoms with Gasteiger partial charge in [-0.3, -0.25) is 9.69 Å². The minimum absolute atomic E-state index is 0.0574. The Morgan fingerprint density at radius 2 is 2.26 bits per heavy atom. The summed E-state index contributed by atoms with van der Waals surface area (Å²) in [6.45, 7) is 8.18. The van der Waals surface area contributed by atoms with Crippen LogP contribution in [-0.4, -0.2) is 29.9 Å². The Labute approximate surface area is 115 Å². The molecule has 0 radical (unpaired) electrons. The number of carbonyl (C=O) groups is 1. The normalized spacial score (nSPS) is 21.3. The van der Waals surface area contributed by atoms with Crippen molar-refractivity contribution in [1.82, 2.24) is 4.90 Å². The van der Waals surface area contributed by atoms with Crippen LogP contribution in [0.4, 0.5) is 11.4 Å². The third-order valence-corrected chi connectivity index (χ3v) is 3.89. The summed E-state index contributed by atoms with van der Waals surface area (Å²) >= 11 is 0. The smallest absolute Gasteiger partial charge is 0.241 e. The van der Waals surface area contributed by atoms with E-state index in [1.807, 2.05) is 32.0 Å². The average molecular weight is 261 g/mol. The van der Waals surface area contributed by atoms with Crippen LogP contribution in [0.5, 0.6) is 0 Å². The summed E-state index contributed by atoms with van der Waals surface area (Å²) in [4.78, 5) is 14.5. The second kappa shape index (κ2) is 5.61. The van der Waals surface area contributed by atoms with Crippen molar-refractivity contribution < 1.29 is 4.79 Å². The van der Waals surface area contributed by atoms with E-state index >= 15 is 0 Å². The Bertz CT molecular complexity index is 472. The van der Waals surface area contributed by atoms with Crippen molar-refractivity contribution in [3.63, 3.8) is 0 Å². The highest BCUT2D eigenvalue weighted by atomic mass is 16.2. The lowest BCUT2D eigenvalue weighted by Crippen LogP contribution is -2.40. The molecule has 0 spiro atoms. The minimum Gasteiger partial charge on any atom is -0.399 e. The van der Waals surface area contributed by atoms with Crippen molar-refractivity contribution in [3.05, 3.63) is 23.8 Å². The van der Waals surface area contributed by atoms with Gasteiger partial charge in [-0.1, -0.05) is 6.92 Å². The molecule has 1 aromatic rings. The number of aryl methyl sites for hydroxylation is 1. The molecule has 1 amide bonds. The molecule has 1 heterocycles. The van der Waals surface area contributed by atoms with Gasteiger partial charge in [0.1, 0.15) is 0 Å². The van der Waals surface area contributed by atoms with Crippen molar-refractivity contribution in [3.8, 4) is 0 Å². The number of carbonyl (C=O) groups excluding carboxylic acids is 1. The Kier molecular flexibility index (Phi) is 4.10. The van der Waals surface area contributed by atoms with Gasteiger partial charge in [0.25, 0.3) is 0 Å². The summed E-state index contributed by atoms with van der Waals surface area (Å²) < 4.78 is 0. The molecular weight excluding hydrogens is 238 g/mol. The SMILES string of the molecule is Cc1cc(N)ccc1NC(=O)C(C)N1CCC(C)C1. The maximum atomic E-state index is 12.3. The third-order valence-electron chi connectivity index (χ3n) is 3.89. The number of nitrogens with zero attached hydrogens (tertiary/aromatic N) is 1. The zero-order chi connectivity index (χ0) is 14.0. The third kappa shape index (κ3) is 3.26. The molecular formula is C15H23N3O. The van der Waals surface area contributed by atoms with E-state index < -0.39 is 0 Å². The molecule has 19 heavy (non-hydrogen) atoms. The Balaban J connectivity index is 2.00. The number of anilines is 2. The lowest BCUT2D eigenvalue weighted by molar-refractivity contribution is -0.120. The summed E-state index contributed by atoms with van der Waals surface area (Å²) in [5, 5.41) is 2.99. The van der Waals surface area contributed by atoms with Gasteiger partial charge in [0.05, 0.1) is 6.04 Å². The summed E-state index contributed by atoms with van der Waals surface area (Å²) in [5.41, 5.74) is 8.27. The van der Waals surface area contributed by atoms with Crippen molar-refractivity contribution in [2.75, 3.05) is 24.1 Å². The number of hydrogen-bond donors (Lipinski definition) is 2. The molecule has 2 atom stereocenters. The topological polar surface area (TPSA) is 58.4 Å². The van der Waals surface area contributed by atoms with Crippen LogP contribution < -0.4 is 11.1 Å². The number of likely N-dealkylation sites (tertiary alicyclic amines) is 1. The fourth-order valence-electron chi connectivity index (χ4n) is 2.55. The summed E-state index contributed by atoms with van der Waals surface area (Å²) in [5.74, 6) is 0.746. The van der Waals surface area contributed by atoms with E-state index in [0.717, 1.165) is 30.0 Å². The van der Waals surface area contributed by atoms with E-state index in [2.05, 4.69) is 17.1 Å². The first kappa shape index (κ1) is 13.9. The molecule has 104 valence electrons. The van der Waals surface area contributed by atoms with Gasteiger partial charge >= 0.3 is 0 Å². The molecule has 3 N–H and O–H groups in total. The molecule has 2 rings (SSSR count). The molecule has 0 aliphatic carbocycles. The first-order chi connectivity index (χ1) is 8.97. The lowest BCUT2D eigenvalue weighted by atomic mass is 10.1. The molecule has 1 fully saturated rings. The van der Waals surface area contributed by atoms with E-state index in [9.17, 15) is 4.79 Å². The van der Waals surface area contributed by atoms with E-state index in [1.54, 1.807) is 0 Å². The zero-order valence-corrected chi connectivity index (χ0v) is 11.9. The molecule has 1 aliphatic heterocycles. The highest BCUT2D eigenvalue weighted by molar-refractivity contribution is 5.95. The van der Waals surface area contributed by atoms with Gasteiger partial charge in [0.15, 0.2) is 0 Å². The quantitative estimate of drug-likeness (QED) is 0.820. The fraction of sp³-hybridized carbons (Fsp3) is 0.533. The van der Waals surface area contributed by atoms with Gasteiger partial charge in [-0.15, -0.1) is 0 Å². The van der Waals surface area contributed by atoms with Gasteiger partial charge in [-0.2, -0.15) is 0 Å². The van der Waals surface area contributed by atoms with Crippen molar-refractivity contribution >= 4 is 17.3 Å². The average Bonchev–Trinajstić information content (AvgIpc) is 2.78. The van der Waals surface area contributed by atoms with Crippen LogP contribution in [0, 0.1) is 12.8 Å². The summed E-state index contributed by atoms with van der Waals surface area (Å²) in [6.07, 6.45) is 1.18. The van der Waals surface area contributed by atoms with Crippen LogP contribution in [0.15, 0.2) is 18.2 Å². The maximum absolute atomic E-state index is 12.3. The van der Waals surface area contributed by atoms with Gasteiger partial charge in [0, 0.05) is 17.9 Å². The molecule has 1 aromatic carbocycles. The second-order valence-electron chi connectivity index (χ2n) is 5.63. The first-order valence-electron chi connectivity index (χ1n) is 6.88. The predicted molar refractivity (Wildman–Crippen MR) is 79.0 cm³/mol. The first-order valence-corrected chi connectivity index (χ1v) is 6.88. The molecule has 0 saturated carbocycles. The van der Waals surface area contributed by atoms with Gasteiger partial charge in [-0.25, -0.2) is 0 Å². The number of nitrogen functional groups attached to an aromatic ring is 1. The standard InChI is InChI=1S/C15H23N3O/c1-10-6-7-18(9-10)12(3)15(19)17-14-5-4-13(16)8-11(14)2/h4-5,8,10,12H,6-7,9,16H2,1-3H3,(H,17,19). The van der Waals surface area contributed by atoms with Crippen LogP contribution in [0.2, 0.25) is 0 Å². The second-order valence-corrected chi connectivity index (χ2v) is 5.63. The molecule has 2 unspecified atom stereocenters. The molecule has 0 bridgehead atoms. The highest BCUT2D eigenvalue weighted by Gasteiger charge is 2.27. The number of nitrogens with one attached hydrogen (secondary N) is 1. The number of rotatable bonds is 3. The van der Waals surface area contributed by atoms with Crippen LogP contribution >= 0.6 is 0 Å². The number of hydrogen-bond acceptors (Lipinski definition) is 3.